The standard InChI is InChI=1S/C18H18Cl2N4O3/c1-17(9-21,10-3-4-10)22-14(25)8-24-15(26)18(2,23-16(24)27)12-6-5-11(19)7-13(12)20/h5-7,10H,3-4,8H2,1-2H3,(H,22,25)(H,23,27)/t17-,18-/m1/s1. The predicted octanol–water partition coefficient (Wildman–Crippen LogP) is 2.57. The number of amides is 4. The number of urea groups is 1. The van der Waals surface area contributed by atoms with E-state index in [4.69, 9.17) is 23.2 Å². The first-order valence-corrected chi connectivity index (χ1v) is 9.18. The molecule has 1 aliphatic heterocycles. The van der Waals surface area contributed by atoms with Crippen LogP contribution in [0.4, 0.5) is 4.79 Å². The van der Waals surface area contributed by atoms with Crippen LogP contribution in [0.2, 0.25) is 10.0 Å². The minimum absolute atomic E-state index is 0.0905. The average molecular weight is 409 g/mol. The highest BCUT2D eigenvalue weighted by atomic mass is 35.5. The van der Waals surface area contributed by atoms with Gasteiger partial charge in [-0.1, -0.05) is 29.3 Å². The van der Waals surface area contributed by atoms with Gasteiger partial charge in [-0.25, -0.2) is 4.79 Å². The number of rotatable bonds is 5. The Balaban J connectivity index is 1.78. The van der Waals surface area contributed by atoms with E-state index in [0.717, 1.165) is 17.7 Å². The number of nitrogens with zero attached hydrogens (tertiary/aromatic N) is 2. The molecule has 4 amide bonds. The van der Waals surface area contributed by atoms with Crippen molar-refractivity contribution in [1.29, 1.82) is 5.26 Å². The number of imide groups is 1. The molecular formula is C18H18Cl2N4O3. The maximum absolute atomic E-state index is 12.9. The van der Waals surface area contributed by atoms with E-state index < -0.39 is 35.5 Å². The largest absolute Gasteiger partial charge is 0.336 e. The molecule has 1 saturated carbocycles. The summed E-state index contributed by atoms with van der Waals surface area (Å²) in [6.07, 6.45) is 1.72. The first-order valence-electron chi connectivity index (χ1n) is 8.42. The highest BCUT2D eigenvalue weighted by Crippen LogP contribution is 2.39. The Morgan fingerprint density at radius 2 is 2.11 bits per heavy atom. The molecule has 1 heterocycles. The Labute approximate surface area is 166 Å². The number of benzene rings is 1. The summed E-state index contributed by atoms with van der Waals surface area (Å²) in [4.78, 5) is 38.4. The van der Waals surface area contributed by atoms with E-state index in [1.54, 1.807) is 19.1 Å². The lowest BCUT2D eigenvalue weighted by Crippen LogP contribution is -2.51. The van der Waals surface area contributed by atoms with E-state index >= 15 is 0 Å². The number of nitrogens with one attached hydrogen (secondary N) is 2. The van der Waals surface area contributed by atoms with Crippen molar-refractivity contribution in [2.75, 3.05) is 6.54 Å². The van der Waals surface area contributed by atoms with Crippen LogP contribution in [0, 0.1) is 17.2 Å². The summed E-state index contributed by atoms with van der Waals surface area (Å²) in [5, 5.41) is 15.2. The molecular weight excluding hydrogens is 391 g/mol. The maximum atomic E-state index is 12.9. The molecule has 3 rings (SSSR count). The quantitative estimate of drug-likeness (QED) is 0.730. The van der Waals surface area contributed by atoms with Crippen LogP contribution in [0.3, 0.4) is 0 Å². The van der Waals surface area contributed by atoms with Crippen molar-refractivity contribution in [2.45, 2.75) is 37.8 Å². The highest BCUT2D eigenvalue weighted by molar-refractivity contribution is 6.35. The molecule has 1 saturated heterocycles. The third-order valence-electron chi connectivity index (χ3n) is 5.07. The number of hydrogen-bond donors (Lipinski definition) is 2. The summed E-state index contributed by atoms with van der Waals surface area (Å²) in [5.74, 6) is -1.08. The molecule has 0 aromatic heterocycles. The van der Waals surface area contributed by atoms with Gasteiger partial charge in [-0.15, -0.1) is 0 Å². The zero-order chi connectivity index (χ0) is 20.0. The minimum Gasteiger partial charge on any atom is -0.336 e. The van der Waals surface area contributed by atoms with Gasteiger partial charge in [0, 0.05) is 15.6 Å². The van der Waals surface area contributed by atoms with E-state index in [1.807, 2.05) is 0 Å². The highest BCUT2D eigenvalue weighted by Gasteiger charge is 2.51. The SMILES string of the molecule is C[C@]1(c2ccc(Cl)cc2Cl)NC(=O)N(CC(=O)N[C@](C)(C#N)C2CC2)C1=O. The van der Waals surface area contributed by atoms with Crippen LogP contribution in [0.5, 0.6) is 0 Å². The van der Waals surface area contributed by atoms with E-state index in [2.05, 4.69) is 16.7 Å². The number of carbonyl (C=O) groups excluding carboxylic acids is 3. The van der Waals surface area contributed by atoms with Gasteiger partial charge < -0.3 is 10.6 Å². The molecule has 2 fully saturated rings. The third-order valence-corrected chi connectivity index (χ3v) is 5.62. The number of nitriles is 1. The van der Waals surface area contributed by atoms with E-state index in [0.29, 0.717) is 10.6 Å². The van der Waals surface area contributed by atoms with Gasteiger partial charge in [0.1, 0.15) is 17.6 Å². The van der Waals surface area contributed by atoms with Crippen LogP contribution in [-0.2, 0) is 15.1 Å². The van der Waals surface area contributed by atoms with Gasteiger partial charge in [0.2, 0.25) is 5.91 Å². The summed E-state index contributed by atoms with van der Waals surface area (Å²) in [6.45, 7) is 2.69. The van der Waals surface area contributed by atoms with Gasteiger partial charge in [0.15, 0.2) is 0 Å². The van der Waals surface area contributed by atoms with Crippen LogP contribution in [0.25, 0.3) is 0 Å². The molecule has 1 aromatic carbocycles. The second kappa shape index (κ2) is 6.70. The molecule has 2 N–H and O–H groups in total. The first-order chi connectivity index (χ1) is 12.6. The molecule has 9 heteroatoms. The second-order valence-corrected chi connectivity index (χ2v) is 8.05. The maximum Gasteiger partial charge on any atom is 0.325 e. The second-order valence-electron chi connectivity index (χ2n) is 7.21. The van der Waals surface area contributed by atoms with Crippen molar-refractivity contribution in [3.63, 3.8) is 0 Å². The molecule has 27 heavy (non-hydrogen) atoms. The zero-order valence-electron chi connectivity index (χ0n) is 14.8. The Morgan fingerprint density at radius 1 is 1.44 bits per heavy atom. The fourth-order valence-corrected chi connectivity index (χ4v) is 3.87. The fraction of sp³-hybridized carbons (Fsp3) is 0.444. The molecule has 2 aliphatic rings. The summed E-state index contributed by atoms with van der Waals surface area (Å²) in [7, 11) is 0. The fourth-order valence-electron chi connectivity index (χ4n) is 3.27. The van der Waals surface area contributed by atoms with E-state index in [9.17, 15) is 19.6 Å². The average Bonchev–Trinajstić information content (AvgIpc) is 3.41. The lowest BCUT2D eigenvalue weighted by atomic mass is 9.92. The molecule has 1 aromatic rings. The van der Waals surface area contributed by atoms with Gasteiger partial charge in [0.05, 0.1) is 6.07 Å². The van der Waals surface area contributed by atoms with Gasteiger partial charge in [-0.05, 0) is 44.7 Å². The van der Waals surface area contributed by atoms with Crippen molar-refractivity contribution >= 4 is 41.0 Å². The van der Waals surface area contributed by atoms with Crippen molar-refractivity contribution in [1.82, 2.24) is 15.5 Å². The summed E-state index contributed by atoms with van der Waals surface area (Å²) >= 11 is 12.1. The van der Waals surface area contributed by atoms with Crippen LogP contribution in [-0.4, -0.2) is 34.8 Å². The Hall–Kier alpha value is -2.30. The first kappa shape index (κ1) is 19.5. The molecule has 142 valence electrons. The van der Waals surface area contributed by atoms with Crippen LogP contribution in [0.15, 0.2) is 18.2 Å². The van der Waals surface area contributed by atoms with Crippen LogP contribution < -0.4 is 10.6 Å². The van der Waals surface area contributed by atoms with Gasteiger partial charge in [0.25, 0.3) is 5.91 Å². The smallest absolute Gasteiger partial charge is 0.325 e. The summed E-state index contributed by atoms with van der Waals surface area (Å²) in [6, 6.07) is 6.01. The van der Waals surface area contributed by atoms with Gasteiger partial charge in [-0.2, -0.15) is 5.26 Å². The van der Waals surface area contributed by atoms with E-state index in [-0.39, 0.29) is 10.9 Å². The molecule has 7 nitrogen and oxygen atoms in total. The Bertz CT molecular complexity index is 880. The topological polar surface area (TPSA) is 102 Å². The third kappa shape index (κ3) is 3.47. The number of carbonyl (C=O) groups is 3. The summed E-state index contributed by atoms with van der Waals surface area (Å²) < 4.78 is 0. The number of hydrogen-bond acceptors (Lipinski definition) is 4. The molecule has 1 aliphatic carbocycles. The van der Waals surface area contributed by atoms with Gasteiger partial charge in [-0.3, -0.25) is 14.5 Å². The molecule has 0 spiro atoms. The van der Waals surface area contributed by atoms with Crippen LogP contribution >= 0.6 is 23.2 Å². The molecule has 0 unspecified atom stereocenters. The zero-order valence-corrected chi connectivity index (χ0v) is 16.3. The normalized spacial score (nSPS) is 24.2. The van der Waals surface area contributed by atoms with Crippen molar-refractivity contribution in [3.05, 3.63) is 33.8 Å². The van der Waals surface area contributed by atoms with Crippen LogP contribution in [0.1, 0.15) is 32.3 Å². The Morgan fingerprint density at radius 3 is 2.67 bits per heavy atom. The monoisotopic (exact) mass is 408 g/mol. The summed E-state index contributed by atoms with van der Waals surface area (Å²) in [5.41, 5.74) is -2.03. The van der Waals surface area contributed by atoms with Crippen molar-refractivity contribution in [2.24, 2.45) is 5.92 Å². The molecule has 0 bridgehead atoms. The lowest BCUT2D eigenvalue weighted by molar-refractivity contribution is -0.135. The Kier molecular flexibility index (Phi) is 4.83. The predicted molar refractivity (Wildman–Crippen MR) is 98.9 cm³/mol. The molecule has 2 atom stereocenters. The van der Waals surface area contributed by atoms with Crippen molar-refractivity contribution in [3.8, 4) is 6.07 Å². The van der Waals surface area contributed by atoms with Gasteiger partial charge >= 0.3 is 6.03 Å². The minimum atomic E-state index is -1.41. The number of halogens is 2. The van der Waals surface area contributed by atoms with E-state index in [1.165, 1.54) is 13.0 Å². The van der Waals surface area contributed by atoms with Crippen molar-refractivity contribution < 1.29 is 14.4 Å². The lowest BCUT2D eigenvalue weighted by Gasteiger charge is -2.25. The molecule has 0 radical (unpaired) electrons.